The van der Waals surface area contributed by atoms with Crippen molar-refractivity contribution in [3.8, 4) is 11.4 Å². The van der Waals surface area contributed by atoms with Crippen LogP contribution in [0.25, 0.3) is 17.0 Å². The number of carbonyl (C=O) groups excluding carboxylic acids is 1. The molecule has 7 heteroatoms. The number of anilines is 1. The average molecular weight is 378 g/mol. The highest BCUT2D eigenvalue weighted by Crippen LogP contribution is 2.22. The van der Waals surface area contributed by atoms with Crippen LogP contribution in [0.4, 0.5) is 5.82 Å². The highest BCUT2D eigenvalue weighted by atomic mass is 16.2. The molecule has 0 saturated carbocycles. The fourth-order valence-electron chi connectivity index (χ4n) is 3.42. The number of nitrogens with zero attached hydrogens (tertiary/aromatic N) is 5. The van der Waals surface area contributed by atoms with Gasteiger partial charge in [-0.15, -0.1) is 15.3 Å². The number of rotatable bonds is 3. The predicted molar refractivity (Wildman–Crippen MR) is 109 cm³/mol. The number of amides is 1. The summed E-state index contributed by atoms with van der Waals surface area (Å²) in [5, 5.41) is 16.5. The van der Waals surface area contributed by atoms with Gasteiger partial charge in [-0.2, -0.15) is 4.52 Å². The Morgan fingerprint density at radius 3 is 2.64 bits per heavy atom. The highest BCUT2D eigenvalue weighted by molar-refractivity contribution is 5.81. The van der Waals surface area contributed by atoms with Crippen LogP contribution in [0.5, 0.6) is 0 Å². The zero-order valence-electron chi connectivity index (χ0n) is 16.6. The zero-order valence-corrected chi connectivity index (χ0v) is 16.6. The molecule has 3 aromatic rings. The maximum atomic E-state index is 12.4. The fourth-order valence-corrected chi connectivity index (χ4v) is 3.42. The van der Waals surface area contributed by atoms with Crippen molar-refractivity contribution in [2.24, 2.45) is 5.41 Å². The van der Waals surface area contributed by atoms with Crippen molar-refractivity contribution >= 4 is 17.4 Å². The van der Waals surface area contributed by atoms with Crippen molar-refractivity contribution in [2.45, 2.75) is 39.7 Å². The van der Waals surface area contributed by atoms with E-state index < -0.39 is 0 Å². The summed E-state index contributed by atoms with van der Waals surface area (Å²) in [5.74, 6) is 1.69. The van der Waals surface area contributed by atoms with Crippen LogP contribution < -0.4 is 10.2 Å². The van der Waals surface area contributed by atoms with E-state index >= 15 is 0 Å². The number of nitrogens with one attached hydrogen (secondary N) is 1. The molecule has 1 fully saturated rings. The molecular weight excluding hydrogens is 352 g/mol. The average Bonchev–Trinajstić information content (AvgIpc) is 3.11. The molecule has 1 unspecified atom stereocenters. The second-order valence-electron chi connectivity index (χ2n) is 8.36. The Kier molecular flexibility index (Phi) is 4.75. The number of hydrogen-bond acceptors (Lipinski definition) is 5. The van der Waals surface area contributed by atoms with Crippen LogP contribution in [-0.4, -0.2) is 44.8 Å². The lowest BCUT2D eigenvalue weighted by Gasteiger charge is -2.35. The van der Waals surface area contributed by atoms with Gasteiger partial charge in [-0.1, -0.05) is 51.1 Å². The summed E-state index contributed by atoms with van der Waals surface area (Å²) in [6, 6.07) is 14.0. The van der Waals surface area contributed by atoms with Crippen molar-refractivity contribution in [1.29, 1.82) is 0 Å². The molecule has 1 saturated heterocycles. The summed E-state index contributed by atoms with van der Waals surface area (Å²) < 4.78 is 1.79. The van der Waals surface area contributed by atoms with E-state index in [0.29, 0.717) is 0 Å². The molecule has 1 aromatic carbocycles. The molecule has 1 amide bonds. The van der Waals surface area contributed by atoms with E-state index in [4.69, 9.17) is 5.10 Å². The molecular formula is C21H26N6O. The molecule has 4 rings (SSSR count). The monoisotopic (exact) mass is 378 g/mol. The zero-order chi connectivity index (χ0) is 19.7. The van der Waals surface area contributed by atoms with E-state index in [2.05, 4.69) is 20.4 Å². The third kappa shape index (κ3) is 3.69. The molecule has 7 nitrogen and oxygen atoms in total. The minimum atomic E-state index is -0.382. The first kappa shape index (κ1) is 18.4. The summed E-state index contributed by atoms with van der Waals surface area (Å²) in [4.78, 5) is 14.6. The minimum absolute atomic E-state index is 0.0907. The van der Waals surface area contributed by atoms with Crippen molar-refractivity contribution in [1.82, 2.24) is 25.1 Å². The Hall–Kier alpha value is -2.96. The molecule has 1 atom stereocenters. The van der Waals surface area contributed by atoms with Gasteiger partial charge in [0.2, 0.25) is 5.91 Å². The third-order valence-corrected chi connectivity index (χ3v) is 5.04. The Morgan fingerprint density at radius 2 is 1.89 bits per heavy atom. The first-order valence-corrected chi connectivity index (χ1v) is 9.75. The molecule has 1 aliphatic heterocycles. The normalized spacial score (nSPS) is 17.7. The van der Waals surface area contributed by atoms with E-state index in [1.807, 2.05) is 63.2 Å². The van der Waals surface area contributed by atoms with E-state index in [0.717, 1.165) is 48.8 Å². The number of fused-ring (bicyclic) bond motifs is 1. The van der Waals surface area contributed by atoms with Crippen LogP contribution in [-0.2, 0) is 4.79 Å². The molecule has 0 aliphatic carbocycles. The van der Waals surface area contributed by atoms with Gasteiger partial charge in [-0.25, -0.2) is 0 Å². The predicted octanol–water partition coefficient (Wildman–Crippen LogP) is 2.92. The molecule has 0 radical (unpaired) electrons. The molecule has 0 spiro atoms. The van der Waals surface area contributed by atoms with Gasteiger partial charge in [0.25, 0.3) is 0 Å². The van der Waals surface area contributed by atoms with Gasteiger partial charge >= 0.3 is 0 Å². The van der Waals surface area contributed by atoms with Crippen molar-refractivity contribution in [3.05, 3.63) is 42.5 Å². The Balaban J connectivity index is 1.58. The SMILES string of the molecule is CC(C)(C)C(=O)NC1CCCN(c2ccc3nnc(-c4ccccc4)n3n2)C1. The summed E-state index contributed by atoms with van der Waals surface area (Å²) in [6.45, 7) is 7.49. The molecule has 146 valence electrons. The van der Waals surface area contributed by atoms with Crippen molar-refractivity contribution in [2.75, 3.05) is 18.0 Å². The van der Waals surface area contributed by atoms with Gasteiger partial charge in [-0.3, -0.25) is 4.79 Å². The van der Waals surface area contributed by atoms with Crippen molar-refractivity contribution < 1.29 is 4.79 Å². The Labute approximate surface area is 164 Å². The second-order valence-corrected chi connectivity index (χ2v) is 8.36. The lowest BCUT2D eigenvalue weighted by Crippen LogP contribution is -2.50. The van der Waals surface area contributed by atoms with Crippen LogP contribution in [0.15, 0.2) is 42.5 Å². The molecule has 28 heavy (non-hydrogen) atoms. The number of aromatic nitrogens is 4. The first-order chi connectivity index (χ1) is 13.4. The molecule has 3 heterocycles. The molecule has 1 N–H and O–H groups in total. The van der Waals surface area contributed by atoms with Gasteiger partial charge in [-0.05, 0) is 25.0 Å². The van der Waals surface area contributed by atoms with Crippen LogP contribution in [0.2, 0.25) is 0 Å². The van der Waals surface area contributed by atoms with E-state index in [-0.39, 0.29) is 17.4 Å². The Bertz CT molecular complexity index is 975. The number of carbonyl (C=O) groups is 1. The van der Waals surface area contributed by atoms with E-state index in [9.17, 15) is 4.79 Å². The number of hydrogen-bond donors (Lipinski definition) is 1. The van der Waals surface area contributed by atoms with E-state index in [1.165, 1.54) is 0 Å². The smallest absolute Gasteiger partial charge is 0.225 e. The van der Waals surface area contributed by atoms with Crippen LogP contribution in [0, 0.1) is 5.41 Å². The summed E-state index contributed by atoms with van der Waals surface area (Å²) >= 11 is 0. The van der Waals surface area contributed by atoms with Gasteiger partial charge in [0.1, 0.15) is 5.82 Å². The lowest BCUT2D eigenvalue weighted by atomic mass is 9.94. The van der Waals surface area contributed by atoms with E-state index in [1.54, 1.807) is 4.52 Å². The largest absolute Gasteiger partial charge is 0.353 e. The van der Waals surface area contributed by atoms with Gasteiger partial charge < -0.3 is 10.2 Å². The Morgan fingerprint density at radius 1 is 1.11 bits per heavy atom. The van der Waals surface area contributed by atoms with Crippen LogP contribution >= 0.6 is 0 Å². The van der Waals surface area contributed by atoms with Gasteiger partial charge in [0, 0.05) is 30.1 Å². The summed E-state index contributed by atoms with van der Waals surface area (Å²) in [6.07, 6.45) is 2.00. The lowest BCUT2D eigenvalue weighted by molar-refractivity contribution is -0.129. The van der Waals surface area contributed by atoms with Crippen molar-refractivity contribution in [3.63, 3.8) is 0 Å². The van der Waals surface area contributed by atoms with Crippen LogP contribution in [0.1, 0.15) is 33.6 Å². The summed E-state index contributed by atoms with van der Waals surface area (Å²) in [7, 11) is 0. The number of benzene rings is 1. The van der Waals surface area contributed by atoms with Gasteiger partial charge in [0.15, 0.2) is 11.5 Å². The second kappa shape index (κ2) is 7.22. The number of piperidine rings is 1. The topological polar surface area (TPSA) is 75.4 Å². The minimum Gasteiger partial charge on any atom is -0.353 e. The van der Waals surface area contributed by atoms with Gasteiger partial charge in [0.05, 0.1) is 0 Å². The molecule has 0 bridgehead atoms. The maximum Gasteiger partial charge on any atom is 0.225 e. The quantitative estimate of drug-likeness (QED) is 0.758. The highest BCUT2D eigenvalue weighted by Gasteiger charge is 2.27. The fraction of sp³-hybridized carbons (Fsp3) is 0.429. The molecule has 2 aromatic heterocycles. The van der Waals surface area contributed by atoms with Crippen LogP contribution in [0.3, 0.4) is 0 Å². The third-order valence-electron chi connectivity index (χ3n) is 5.04. The summed E-state index contributed by atoms with van der Waals surface area (Å²) in [5.41, 5.74) is 1.32. The molecule has 1 aliphatic rings. The first-order valence-electron chi connectivity index (χ1n) is 9.75. The maximum absolute atomic E-state index is 12.4. The standard InChI is InChI=1S/C21H26N6O/c1-21(2,3)20(28)22-16-10-7-13-26(14-16)18-12-11-17-23-24-19(27(17)25-18)15-8-5-4-6-9-15/h4-6,8-9,11-12,16H,7,10,13-14H2,1-3H3,(H,22,28).